The van der Waals surface area contributed by atoms with E-state index >= 15 is 0 Å². The first-order chi connectivity index (χ1) is 17.9. The lowest BCUT2D eigenvalue weighted by molar-refractivity contribution is -0.141. The molecule has 0 heterocycles. The molecule has 2 N–H and O–H groups in total. The van der Waals surface area contributed by atoms with Gasteiger partial charge in [-0.1, -0.05) is 85.8 Å². The number of aryl methyl sites for hydroxylation is 1. The number of nitrogens with zero attached hydrogens (tertiary/aromatic N) is 1. The zero-order chi connectivity index (χ0) is 26.7. The van der Waals surface area contributed by atoms with E-state index in [1.54, 1.807) is 30.0 Å². The molecule has 3 aromatic carbocycles. The maximum absolute atomic E-state index is 13.6. The van der Waals surface area contributed by atoms with Crippen LogP contribution in [-0.4, -0.2) is 38.2 Å². The summed E-state index contributed by atoms with van der Waals surface area (Å²) in [5.74, 6) is -0.468. The predicted octanol–water partition coefficient (Wildman–Crippen LogP) is 3.99. The standard InChI is InChI=1S/C29H33N3O4S/c1-3-21-30-29(34)28(25-13-9-6-10-14-25)32(22-24-11-7-5-8-12-24)27(33)20-17-23-15-18-26(19-16-23)37(35,36)31-4-2/h3,5-16,18-19,28,31H,1,4,17,20-22H2,2H3,(H,30,34)/t28-/m1/s1. The van der Waals surface area contributed by atoms with E-state index < -0.39 is 16.1 Å². The van der Waals surface area contributed by atoms with Crippen molar-refractivity contribution in [2.75, 3.05) is 13.1 Å². The first-order valence-corrected chi connectivity index (χ1v) is 13.7. The molecule has 0 unspecified atom stereocenters. The maximum atomic E-state index is 13.6. The Bertz CT molecular complexity index is 1280. The van der Waals surface area contributed by atoms with Gasteiger partial charge in [0.15, 0.2) is 0 Å². The van der Waals surface area contributed by atoms with Crippen molar-refractivity contribution in [2.45, 2.75) is 37.2 Å². The summed E-state index contributed by atoms with van der Waals surface area (Å²) in [5, 5.41) is 2.84. The van der Waals surface area contributed by atoms with E-state index in [9.17, 15) is 18.0 Å². The number of nitrogens with one attached hydrogen (secondary N) is 2. The Balaban J connectivity index is 1.86. The third-order valence-corrected chi connectivity index (χ3v) is 7.37. The molecule has 0 aliphatic rings. The van der Waals surface area contributed by atoms with E-state index in [0.717, 1.165) is 11.1 Å². The minimum Gasteiger partial charge on any atom is -0.351 e. The Kier molecular flexibility index (Phi) is 10.2. The summed E-state index contributed by atoms with van der Waals surface area (Å²) < 4.78 is 26.9. The highest BCUT2D eigenvalue weighted by atomic mass is 32.2. The van der Waals surface area contributed by atoms with Crippen LogP contribution >= 0.6 is 0 Å². The first-order valence-electron chi connectivity index (χ1n) is 12.2. The van der Waals surface area contributed by atoms with E-state index in [4.69, 9.17) is 0 Å². The molecule has 194 valence electrons. The zero-order valence-electron chi connectivity index (χ0n) is 21.0. The van der Waals surface area contributed by atoms with Gasteiger partial charge in [0, 0.05) is 26.1 Å². The lowest BCUT2D eigenvalue weighted by Gasteiger charge is -2.31. The van der Waals surface area contributed by atoms with Gasteiger partial charge in [-0.05, 0) is 35.2 Å². The Labute approximate surface area is 219 Å². The summed E-state index contributed by atoms with van der Waals surface area (Å²) in [7, 11) is -3.54. The smallest absolute Gasteiger partial charge is 0.247 e. The number of benzene rings is 3. The van der Waals surface area contributed by atoms with Gasteiger partial charge in [-0.15, -0.1) is 6.58 Å². The number of hydrogen-bond donors (Lipinski definition) is 2. The van der Waals surface area contributed by atoms with E-state index in [1.807, 2.05) is 60.7 Å². The molecular weight excluding hydrogens is 486 g/mol. The molecule has 0 spiro atoms. The van der Waals surface area contributed by atoms with Crippen molar-refractivity contribution in [1.29, 1.82) is 0 Å². The van der Waals surface area contributed by atoms with Gasteiger partial charge in [0.25, 0.3) is 0 Å². The van der Waals surface area contributed by atoms with Crippen LogP contribution in [0.5, 0.6) is 0 Å². The Hall–Kier alpha value is -3.75. The normalized spacial score (nSPS) is 11.9. The van der Waals surface area contributed by atoms with Gasteiger partial charge in [-0.2, -0.15) is 0 Å². The summed E-state index contributed by atoms with van der Waals surface area (Å²) >= 11 is 0. The molecule has 0 saturated heterocycles. The average Bonchev–Trinajstić information content (AvgIpc) is 2.91. The average molecular weight is 520 g/mol. The number of amides is 2. The number of carbonyl (C=O) groups excluding carboxylic acids is 2. The van der Waals surface area contributed by atoms with Gasteiger partial charge < -0.3 is 10.2 Å². The van der Waals surface area contributed by atoms with Gasteiger partial charge in [-0.25, -0.2) is 13.1 Å². The molecule has 0 aromatic heterocycles. The second-order valence-electron chi connectivity index (χ2n) is 8.50. The molecule has 2 amide bonds. The van der Waals surface area contributed by atoms with Crippen LogP contribution in [-0.2, 0) is 32.6 Å². The Morgan fingerprint density at radius 1 is 0.919 bits per heavy atom. The van der Waals surface area contributed by atoms with Crippen molar-refractivity contribution < 1.29 is 18.0 Å². The lowest BCUT2D eigenvalue weighted by atomic mass is 10.0. The monoisotopic (exact) mass is 519 g/mol. The molecule has 0 aliphatic heterocycles. The van der Waals surface area contributed by atoms with Gasteiger partial charge in [0.1, 0.15) is 6.04 Å². The maximum Gasteiger partial charge on any atom is 0.247 e. The zero-order valence-corrected chi connectivity index (χ0v) is 21.8. The lowest BCUT2D eigenvalue weighted by Crippen LogP contribution is -2.43. The van der Waals surface area contributed by atoms with Crippen LogP contribution in [0.3, 0.4) is 0 Å². The molecule has 37 heavy (non-hydrogen) atoms. The van der Waals surface area contributed by atoms with Crippen LogP contribution in [0.4, 0.5) is 0 Å². The van der Waals surface area contributed by atoms with E-state index in [0.29, 0.717) is 18.5 Å². The summed E-state index contributed by atoms with van der Waals surface area (Å²) in [6, 6.07) is 24.5. The van der Waals surface area contributed by atoms with Crippen molar-refractivity contribution in [1.82, 2.24) is 14.9 Å². The van der Waals surface area contributed by atoms with Crippen LogP contribution in [0.25, 0.3) is 0 Å². The molecule has 0 saturated carbocycles. The van der Waals surface area contributed by atoms with Crippen molar-refractivity contribution in [3.63, 3.8) is 0 Å². The minimum atomic E-state index is -3.54. The van der Waals surface area contributed by atoms with Gasteiger partial charge in [-0.3, -0.25) is 9.59 Å². The Morgan fingerprint density at radius 2 is 1.54 bits per heavy atom. The molecule has 7 nitrogen and oxygen atoms in total. The summed E-state index contributed by atoms with van der Waals surface area (Å²) in [6.45, 7) is 6.25. The molecule has 8 heteroatoms. The molecule has 0 fully saturated rings. The van der Waals surface area contributed by atoms with Crippen molar-refractivity contribution >= 4 is 21.8 Å². The third kappa shape index (κ3) is 7.87. The van der Waals surface area contributed by atoms with Crippen molar-refractivity contribution in [3.05, 3.63) is 114 Å². The van der Waals surface area contributed by atoms with Crippen LogP contribution in [0.15, 0.2) is 102 Å². The number of sulfonamides is 1. The predicted molar refractivity (Wildman–Crippen MR) is 145 cm³/mol. The van der Waals surface area contributed by atoms with Crippen LogP contribution < -0.4 is 10.0 Å². The molecule has 0 bridgehead atoms. The molecule has 3 rings (SSSR count). The van der Waals surface area contributed by atoms with Gasteiger partial charge in [0.2, 0.25) is 21.8 Å². The minimum absolute atomic E-state index is 0.157. The van der Waals surface area contributed by atoms with Crippen LogP contribution in [0.2, 0.25) is 0 Å². The second-order valence-corrected chi connectivity index (χ2v) is 10.3. The van der Waals surface area contributed by atoms with E-state index in [-0.39, 0.29) is 36.2 Å². The summed E-state index contributed by atoms with van der Waals surface area (Å²) in [4.78, 5) is 28.7. The van der Waals surface area contributed by atoms with Crippen LogP contribution in [0, 0.1) is 0 Å². The SMILES string of the molecule is C=CCNC(=O)[C@@H](c1ccccc1)N(Cc1ccccc1)C(=O)CCc1ccc(S(=O)(=O)NCC)cc1. The summed E-state index contributed by atoms with van der Waals surface area (Å²) in [6.07, 6.45) is 2.16. The Morgan fingerprint density at radius 3 is 2.14 bits per heavy atom. The largest absolute Gasteiger partial charge is 0.351 e. The molecule has 0 radical (unpaired) electrons. The van der Waals surface area contributed by atoms with Gasteiger partial charge >= 0.3 is 0 Å². The topological polar surface area (TPSA) is 95.6 Å². The fourth-order valence-corrected chi connectivity index (χ4v) is 5.03. The van der Waals surface area contributed by atoms with Crippen molar-refractivity contribution in [3.8, 4) is 0 Å². The van der Waals surface area contributed by atoms with E-state index in [2.05, 4.69) is 16.6 Å². The summed E-state index contributed by atoms with van der Waals surface area (Å²) in [5.41, 5.74) is 2.45. The van der Waals surface area contributed by atoms with Gasteiger partial charge in [0.05, 0.1) is 4.90 Å². The van der Waals surface area contributed by atoms with Crippen molar-refractivity contribution in [2.24, 2.45) is 0 Å². The molecule has 1 atom stereocenters. The second kappa shape index (κ2) is 13.5. The number of rotatable bonds is 13. The fourth-order valence-electron chi connectivity index (χ4n) is 3.98. The molecule has 3 aromatic rings. The van der Waals surface area contributed by atoms with Crippen LogP contribution in [0.1, 0.15) is 36.1 Å². The number of hydrogen-bond acceptors (Lipinski definition) is 4. The third-order valence-electron chi connectivity index (χ3n) is 5.81. The molecule has 0 aliphatic carbocycles. The quantitative estimate of drug-likeness (QED) is 0.334. The number of carbonyl (C=O) groups is 2. The van der Waals surface area contributed by atoms with E-state index in [1.165, 1.54) is 12.1 Å². The highest BCUT2D eigenvalue weighted by molar-refractivity contribution is 7.89. The first kappa shape index (κ1) is 27.8. The highest BCUT2D eigenvalue weighted by Crippen LogP contribution is 2.25. The molecular formula is C29H33N3O4S. The highest BCUT2D eigenvalue weighted by Gasteiger charge is 2.31. The fraction of sp³-hybridized carbons (Fsp3) is 0.241.